The lowest BCUT2D eigenvalue weighted by Crippen LogP contribution is -2.48. The van der Waals surface area contributed by atoms with Gasteiger partial charge in [-0.3, -0.25) is 0 Å². The third-order valence-electron chi connectivity index (χ3n) is 2.93. The van der Waals surface area contributed by atoms with Gasteiger partial charge in [-0.25, -0.2) is 4.79 Å². The van der Waals surface area contributed by atoms with E-state index in [4.69, 9.17) is 0 Å². The van der Waals surface area contributed by atoms with Gasteiger partial charge in [-0.05, 0) is 19.1 Å². The number of hydrogen-bond donors (Lipinski definition) is 3. The number of hydrogen-bond acceptors (Lipinski definition) is 3. The Morgan fingerprint density at radius 1 is 1.33 bits per heavy atom. The minimum Gasteiger partial charge on any atom is -0.392 e. The van der Waals surface area contributed by atoms with E-state index in [1.54, 1.807) is 11.8 Å². The predicted molar refractivity (Wildman–Crippen MR) is 79.0 cm³/mol. The predicted octanol–water partition coefficient (Wildman–Crippen LogP) is 2.08. The molecule has 0 heterocycles. The molecule has 0 rings (SSSR count). The van der Waals surface area contributed by atoms with E-state index in [1.807, 2.05) is 40.9 Å². The molecule has 0 spiro atoms. The van der Waals surface area contributed by atoms with Gasteiger partial charge in [0.2, 0.25) is 0 Å². The number of urea groups is 1. The summed E-state index contributed by atoms with van der Waals surface area (Å²) in [5.74, 6) is 1.08. The minimum absolute atomic E-state index is 0.151. The standard InChI is InChI=1S/C13H28N2O2S/c1-9(2)11(16)13(4,5)8-14-12(17)15-10(3)7-18-6/h9-11,16H,7-8H2,1-6H3,(H2,14,15,17)/t10-,11-/m1/s1. The highest BCUT2D eigenvalue weighted by Crippen LogP contribution is 2.24. The summed E-state index contributed by atoms with van der Waals surface area (Å²) in [5.41, 5.74) is -0.325. The van der Waals surface area contributed by atoms with Crippen molar-refractivity contribution >= 4 is 17.8 Å². The van der Waals surface area contributed by atoms with Crippen molar-refractivity contribution < 1.29 is 9.90 Å². The second-order valence-corrected chi connectivity index (χ2v) is 6.77. The zero-order valence-corrected chi connectivity index (χ0v) is 13.2. The SMILES string of the molecule is CSC[C@@H](C)NC(=O)NCC(C)(C)[C@H](O)C(C)C. The Balaban J connectivity index is 4.11. The molecule has 3 N–H and O–H groups in total. The van der Waals surface area contributed by atoms with Crippen molar-refractivity contribution in [2.24, 2.45) is 11.3 Å². The fourth-order valence-corrected chi connectivity index (χ4v) is 2.46. The molecule has 0 aromatic rings. The summed E-state index contributed by atoms with van der Waals surface area (Å²) in [5, 5.41) is 15.8. The van der Waals surface area contributed by atoms with Gasteiger partial charge in [-0.2, -0.15) is 11.8 Å². The number of carbonyl (C=O) groups is 1. The van der Waals surface area contributed by atoms with Crippen LogP contribution in [-0.4, -0.2) is 41.8 Å². The highest BCUT2D eigenvalue weighted by Gasteiger charge is 2.30. The molecule has 0 saturated heterocycles. The van der Waals surface area contributed by atoms with E-state index < -0.39 is 6.10 Å². The van der Waals surface area contributed by atoms with Gasteiger partial charge in [-0.15, -0.1) is 0 Å². The van der Waals surface area contributed by atoms with Crippen LogP contribution in [0.1, 0.15) is 34.6 Å². The van der Waals surface area contributed by atoms with Gasteiger partial charge >= 0.3 is 6.03 Å². The Morgan fingerprint density at radius 3 is 2.33 bits per heavy atom. The summed E-state index contributed by atoms with van der Waals surface area (Å²) >= 11 is 1.70. The summed E-state index contributed by atoms with van der Waals surface area (Å²) in [6, 6.07) is -0.0151. The molecular formula is C13H28N2O2S. The second-order valence-electron chi connectivity index (χ2n) is 5.86. The van der Waals surface area contributed by atoms with E-state index in [-0.39, 0.29) is 23.4 Å². The third kappa shape index (κ3) is 6.50. The maximum Gasteiger partial charge on any atom is 0.315 e. The molecule has 108 valence electrons. The van der Waals surface area contributed by atoms with Crippen LogP contribution >= 0.6 is 11.8 Å². The number of carbonyl (C=O) groups excluding carboxylic acids is 1. The zero-order valence-electron chi connectivity index (χ0n) is 12.4. The molecule has 18 heavy (non-hydrogen) atoms. The van der Waals surface area contributed by atoms with Crippen molar-refractivity contribution in [2.45, 2.75) is 46.8 Å². The van der Waals surface area contributed by atoms with Crippen LogP contribution in [0.4, 0.5) is 4.79 Å². The first kappa shape index (κ1) is 17.6. The lowest BCUT2D eigenvalue weighted by atomic mass is 9.81. The third-order valence-corrected chi connectivity index (χ3v) is 3.76. The molecule has 2 atom stereocenters. The molecule has 5 heteroatoms. The van der Waals surface area contributed by atoms with Gasteiger partial charge in [0.05, 0.1) is 6.10 Å². The Labute approximate surface area is 115 Å². The summed E-state index contributed by atoms with van der Waals surface area (Å²) in [6.45, 7) is 10.3. The number of amides is 2. The van der Waals surface area contributed by atoms with Gasteiger partial charge < -0.3 is 15.7 Å². The topological polar surface area (TPSA) is 61.4 Å². The Kier molecular flexibility index (Phi) is 7.71. The van der Waals surface area contributed by atoms with E-state index in [2.05, 4.69) is 10.6 Å². The van der Waals surface area contributed by atoms with Crippen LogP contribution in [0.15, 0.2) is 0 Å². The quantitative estimate of drug-likeness (QED) is 0.667. The fraction of sp³-hybridized carbons (Fsp3) is 0.923. The van der Waals surface area contributed by atoms with E-state index >= 15 is 0 Å². The zero-order chi connectivity index (χ0) is 14.3. The first-order valence-corrected chi connectivity index (χ1v) is 7.81. The summed E-state index contributed by atoms with van der Waals surface area (Å²) < 4.78 is 0. The maximum absolute atomic E-state index is 11.7. The van der Waals surface area contributed by atoms with Crippen molar-refractivity contribution in [1.29, 1.82) is 0 Å². The number of nitrogens with one attached hydrogen (secondary N) is 2. The molecule has 0 saturated carbocycles. The molecule has 0 bridgehead atoms. The van der Waals surface area contributed by atoms with Crippen LogP contribution in [0.2, 0.25) is 0 Å². The van der Waals surface area contributed by atoms with Crippen LogP contribution in [-0.2, 0) is 0 Å². The molecular weight excluding hydrogens is 248 g/mol. The van der Waals surface area contributed by atoms with Crippen LogP contribution in [0, 0.1) is 11.3 Å². The molecule has 0 radical (unpaired) electrons. The molecule has 0 aromatic carbocycles. The molecule has 0 aliphatic rings. The lowest BCUT2D eigenvalue weighted by molar-refractivity contribution is 0.0151. The van der Waals surface area contributed by atoms with Gasteiger partial charge in [0, 0.05) is 23.8 Å². The number of aliphatic hydroxyl groups is 1. The maximum atomic E-state index is 11.7. The van der Waals surface area contributed by atoms with Crippen LogP contribution in [0.3, 0.4) is 0 Å². The first-order chi connectivity index (χ1) is 8.20. The van der Waals surface area contributed by atoms with E-state index in [0.29, 0.717) is 6.54 Å². The Hall–Kier alpha value is -0.420. The number of thioether (sulfide) groups is 1. The first-order valence-electron chi connectivity index (χ1n) is 6.42. The molecule has 0 unspecified atom stereocenters. The molecule has 2 amide bonds. The molecule has 0 fully saturated rings. The second kappa shape index (κ2) is 7.89. The monoisotopic (exact) mass is 276 g/mol. The number of rotatable bonds is 7. The normalized spacial score (nSPS) is 15.3. The summed E-state index contributed by atoms with van der Waals surface area (Å²) in [6.07, 6.45) is 1.58. The van der Waals surface area contributed by atoms with Crippen molar-refractivity contribution in [3.05, 3.63) is 0 Å². The van der Waals surface area contributed by atoms with Crippen LogP contribution < -0.4 is 10.6 Å². The van der Waals surface area contributed by atoms with Crippen molar-refractivity contribution in [2.75, 3.05) is 18.6 Å². The highest BCUT2D eigenvalue weighted by molar-refractivity contribution is 7.98. The number of aliphatic hydroxyl groups excluding tert-OH is 1. The van der Waals surface area contributed by atoms with E-state index in [1.165, 1.54) is 0 Å². The molecule has 0 aliphatic carbocycles. The van der Waals surface area contributed by atoms with Gasteiger partial charge in [-0.1, -0.05) is 27.7 Å². The Morgan fingerprint density at radius 2 is 1.89 bits per heavy atom. The van der Waals surface area contributed by atoms with E-state index in [9.17, 15) is 9.90 Å². The smallest absolute Gasteiger partial charge is 0.315 e. The molecule has 0 aromatic heterocycles. The minimum atomic E-state index is -0.429. The van der Waals surface area contributed by atoms with Crippen molar-refractivity contribution in [1.82, 2.24) is 10.6 Å². The van der Waals surface area contributed by atoms with Crippen molar-refractivity contribution in [3.63, 3.8) is 0 Å². The van der Waals surface area contributed by atoms with E-state index in [0.717, 1.165) is 5.75 Å². The average Bonchev–Trinajstić information content (AvgIpc) is 2.25. The van der Waals surface area contributed by atoms with Crippen LogP contribution in [0.5, 0.6) is 0 Å². The summed E-state index contributed by atoms with van der Waals surface area (Å²) in [4.78, 5) is 11.7. The molecule has 0 aliphatic heterocycles. The van der Waals surface area contributed by atoms with Crippen LogP contribution in [0.25, 0.3) is 0 Å². The van der Waals surface area contributed by atoms with Crippen molar-refractivity contribution in [3.8, 4) is 0 Å². The van der Waals surface area contributed by atoms with Gasteiger partial charge in [0.1, 0.15) is 0 Å². The Bertz CT molecular complexity index is 257. The lowest BCUT2D eigenvalue weighted by Gasteiger charge is -2.33. The largest absolute Gasteiger partial charge is 0.392 e. The molecule has 4 nitrogen and oxygen atoms in total. The average molecular weight is 276 g/mol. The van der Waals surface area contributed by atoms with Gasteiger partial charge in [0.15, 0.2) is 0 Å². The summed E-state index contributed by atoms with van der Waals surface area (Å²) in [7, 11) is 0. The highest BCUT2D eigenvalue weighted by atomic mass is 32.2. The van der Waals surface area contributed by atoms with Gasteiger partial charge in [0.25, 0.3) is 0 Å². The fourth-order valence-electron chi connectivity index (χ4n) is 1.88.